The summed E-state index contributed by atoms with van der Waals surface area (Å²) in [6, 6.07) is 7.27. The standard InChI is InChI=1S/C14H24N2O2S/c1-6-11(2)12(3)15-13-7-9-14(10-8-13)19(17,18)16(4)5/h7-12,15H,6H2,1-5H3. The van der Waals surface area contributed by atoms with Crippen LogP contribution in [-0.4, -0.2) is 32.9 Å². The summed E-state index contributed by atoms with van der Waals surface area (Å²) in [6.07, 6.45) is 1.11. The number of hydrogen-bond donors (Lipinski definition) is 1. The monoisotopic (exact) mass is 284 g/mol. The van der Waals surface area contributed by atoms with E-state index >= 15 is 0 Å². The van der Waals surface area contributed by atoms with Gasteiger partial charge in [0.15, 0.2) is 0 Å². The fourth-order valence-corrected chi connectivity index (χ4v) is 2.59. The Kier molecular flexibility index (Phi) is 5.38. The molecule has 0 spiro atoms. The van der Waals surface area contributed by atoms with Crippen LogP contribution in [0.15, 0.2) is 29.2 Å². The minimum atomic E-state index is -3.34. The highest BCUT2D eigenvalue weighted by atomic mass is 32.2. The summed E-state index contributed by atoms with van der Waals surface area (Å²) in [7, 11) is -0.269. The van der Waals surface area contributed by atoms with E-state index in [2.05, 4.69) is 26.1 Å². The third-order valence-corrected chi connectivity index (χ3v) is 5.35. The van der Waals surface area contributed by atoms with Crippen LogP contribution in [0, 0.1) is 5.92 Å². The van der Waals surface area contributed by atoms with Gasteiger partial charge in [-0.1, -0.05) is 20.3 Å². The van der Waals surface area contributed by atoms with Gasteiger partial charge >= 0.3 is 0 Å². The first-order valence-electron chi connectivity index (χ1n) is 6.58. The quantitative estimate of drug-likeness (QED) is 0.874. The summed E-state index contributed by atoms with van der Waals surface area (Å²) in [5.74, 6) is 0.574. The van der Waals surface area contributed by atoms with Crippen molar-refractivity contribution in [2.45, 2.75) is 38.1 Å². The molecule has 1 N–H and O–H groups in total. The summed E-state index contributed by atoms with van der Waals surface area (Å²) in [5.41, 5.74) is 0.950. The van der Waals surface area contributed by atoms with Crippen molar-refractivity contribution in [2.24, 2.45) is 5.92 Å². The molecule has 5 heteroatoms. The molecule has 0 saturated carbocycles. The second-order valence-corrected chi connectivity index (χ2v) is 7.28. The first-order valence-corrected chi connectivity index (χ1v) is 8.02. The Hall–Kier alpha value is -1.07. The topological polar surface area (TPSA) is 49.4 Å². The first kappa shape index (κ1) is 16.0. The minimum absolute atomic E-state index is 0.319. The van der Waals surface area contributed by atoms with Gasteiger partial charge in [0.25, 0.3) is 0 Å². The largest absolute Gasteiger partial charge is 0.382 e. The van der Waals surface area contributed by atoms with E-state index in [1.54, 1.807) is 12.1 Å². The van der Waals surface area contributed by atoms with Crippen molar-refractivity contribution in [3.63, 3.8) is 0 Å². The van der Waals surface area contributed by atoms with Crippen LogP contribution >= 0.6 is 0 Å². The van der Waals surface area contributed by atoms with Gasteiger partial charge in [-0.2, -0.15) is 0 Å². The predicted molar refractivity (Wildman–Crippen MR) is 79.9 cm³/mol. The number of nitrogens with zero attached hydrogens (tertiary/aromatic N) is 1. The summed E-state index contributed by atoms with van der Waals surface area (Å²) in [5, 5.41) is 3.39. The van der Waals surface area contributed by atoms with Crippen molar-refractivity contribution in [1.82, 2.24) is 4.31 Å². The lowest BCUT2D eigenvalue weighted by Gasteiger charge is -2.21. The molecule has 0 aliphatic heterocycles. The molecule has 0 aromatic heterocycles. The molecule has 19 heavy (non-hydrogen) atoms. The zero-order valence-electron chi connectivity index (χ0n) is 12.3. The van der Waals surface area contributed by atoms with Crippen LogP contribution in [-0.2, 0) is 10.0 Å². The number of sulfonamides is 1. The van der Waals surface area contributed by atoms with Gasteiger partial charge in [0.1, 0.15) is 0 Å². The SMILES string of the molecule is CCC(C)C(C)Nc1ccc(S(=O)(=O)N(C)C)cc1. The second-order valence-electron chi connectivity index (χ2n) is 5.13. The summed E-state index contributed by atoms with van der Waals surface area (Å²) in [4.78, 5) is 0.319. The molecule has 0 saturated heterocycles. The molecule has 0 aliphatic carbocycles. The van der Waals surface area contributed by atoms with Gasteiger partial charge in [-0.25, -0.2) is 12.7 Å². The van der Waals surface area contributed by atoms with Gasteiger partial charge in [0, 0.05) is 25.8 Å². The second kappa shape index (κ2) is 6.39. The maximum Gasteiger partial charge on any atom is 0.242 e. The highest BCUT2D eigenvalue weighted by Crippen LogP contribution is 2.19. The van der Waals surface area contributed by atoms with E-state index in [9.17, 15) is 8.42 Å². The number of nitrogens with one attached hydrogen (secondary N) is 1. The molecule has 108 valence electrons. The van der Waals surface area contributed by atoms with Crippen LogP contribution in [0.5, 0.6) is 0 Å². The van der Waals surface area contributed by atoms with Crippen LogP contribution < -0.4 is 5.32 Å². The number of benzene rings is 1. The third kappa shape index (κ3) is 3.94. The zero-order chi connectivity index (χ0) is 14.6. The van der Waals surface area contributed by atoms with Gasteiger partial charge < -0.3 is 5.32 Å². The van der Waals surface area contributed by atoms with Crippen LogP contribution in [0.4, 0.5) is 5.69 Å². The molecule has 1 aromatic rings. The Bertz CT molecular complexity index is 495. The maximum absolute atomic E-state index is 11.9. The Morgan fingerprint density at radius 1 is 1.16 bits per heavy atom. The Labute approximate surface area is 116 Å². The molecule has 0 amide bonds. The third-order valence-electron chi connectivity index (χ3n) is 3.52. The normalized spacial score (nSPS) is 15.3. The summed E-state index contributed by atoms with van der Waals surface area (Å²) >= 11 is 0. The molecular formula is C14H24N2O2S. The van der Waals surface area contributed by atoms with E-state index in [0.717, 1.165) is 12.1 Å². The van der Waals surface area contributed by atoms with E-state index in [1.165, 1.54) is 18.4 Å². The molecule has 0 aliphatic rings. The Morgan fingerprint density at radius 2 is 1.68 bits per heavy atom. The van der Waals surface area contributed by atoms with Crippen molar-refractivity contribution >= 4 is 15.7 Å². The fraction of sp³-hybridized carbons (Fsp3) is 0.571. The average molecular weight is 284 g/mol. The van der Waals surface area contributed by atoms with Crippen LogP contribution in [0.25, 0.3) is 0 Å². The minimum Gasteiger partial charge on any atom is -0.382 e. The van der Waals surface area contributed by atoms with Crippen molar-refractivity contribution in [3.05, 3.63) is 24.3 Å². The lowest BCUT2D eigenvalue weighted by Crippen LogP contribution is -2.24. The van der Waals surface area contributed by atoms with E-state index in [-0.39, 0.29) is 0 Å². The molecule has 2 atom stereocenters. The lowest BCUT2D eigenvalue weighted by molar-refractivity contribution is 0.494. The van der Waals surface area contributed by atoms with Gasteiger partial charge in [0.2, 0.25) is 10.0 Å². The molecule has 0 bridgehead atoms. The first-order chi connectivity index (χ1) is 8.78. The average Bonchev–Trinajstić information content (AvgIpc) is 2.38. The van der Waals surface area contributed by atoms with E-state index in [1.807, 2.05) is 12.1 Å². The predicted octanol–water partition coefficient (Wildman–Crippen LogP) is 2.78. The van der Waals surface area contributed by atoms with Gasteiger partial charge in [0.05, 0.1) is 4.90 Å². The highest BCUT2D eigenvalue weighted by Gasteiger charge is 2.17. The number of rotatable bonds is 6. The Balaban J connectivity index is 2.83. The van der Waals surface area contributed by atoms with E-state index in [0.29, 0.717) is 16.9 Å². The maximum atomic E-state index is 11.9. The van der Waals surface area contributed by atoms with Crippen LogP contribution in [0.1, 0.15) is 27.2 Å². The van der Waals surface area contributed by atoms with Crippen molar-refractivity contribution in [3.8, 4) is 0 Å². The lowest BCUT2D eigenvalue weighted by atomic mass is 10.0. The van der Waals surface area contributed by atoms with Crippen molar-refractivity contribution in [2.75, 3.05) is 19.4 Å². The molecule has 0 heterocycles. The van der Waals surface area contributed by atoms with Gasteiger partial charge in [-0.15, -0.1) is 0 Å². The summed E-state index contributed by atoms with van der Waals surface area (Å²) in [6.45, 7) is 6.50. The highest BCUT2D eigenvalue weighted by molar-refractivity contribution is 7.89. The Morgan fingerprint density at radius 3 is 2.11 bits per heavy atom. The molecule has 0 fully saturated rings. The van der Waals surface area contributed by atoms with E-state index in [4.69, 9.17) is 0 Å². The number of hydrogen-bond acceptors (Lipinski definition) is 3. The smallest absolute Gasteiger partial charge is 0.242 e. The van der Waals surface area contributed by atoms with Gasteiger partial charge in [-0.05, 0) is 37.1 Å². The van der Waals surface area contributed by atoms with Crippen molar-refractivity contribution < 1.29 is 8.42 Å². The van der Waals surface area contributed by atoms with Crippen molar-refractivity contribution in [1.29, 1.82) is 0 Å². The zero-order valence-corrected chi connectivity index (χ0v) is 13.2. The fourth-order valence-electron chi connectivity index (χ4n) is 1.69. The van der Waals surface area contributed by atoms with Crippen LogP contribution in [0.3, 0.4) is 0 Å². The molecule has 1 rings (SSSR count). The molecule has 2 unspecified atom stereocenters. The molecule has 0 radical (unpaired) electrons. The molecular weight excluding hydrogens is 260 g/mol. The van der Waals surface area contributed by atoms with Gasteiger partial charge in [-0.3, -0.25) is 0 Å². The van der Waals surface area contributed by atoms with E-state index < -0.39 is 10.0 Å². The molecule has 1 aromatic carbocycles. The molecule has 4 nitrogen and oxygen atoms in total. The summed E-state index contributed by atoms with van der Waals surface area (Å²) < 4.78 is 25.1. The number of anilines is 1. The van der Waals surface area contributed by atoms with Crippen LogP contribution in [0.2, 0.25) is 0 Å².